The maximum absolute atomic E-state index is 12.4. The summed E-state index contributed by atoms with van der Waals surface area (Å²) in [4.78, 5) is 22.0. The maximum atomic E-state index is 12.4. The van der Waals surface area contributed by atoms with Crippen molar-refractivity contribution in [3.63, 3.8) is 0 Å². The molecule has 2 rings (SSSR count). The van der Waals surface area contributed by atoms with Gasteiger partial charge in [-0.2, -0.15) is 0 Å². The highest BCUT2D eigenvalue weighted by molar-refractivity contribution is 6.29. The number of aromatic nitrogens is 2. The van der Waals surface area contributed by atoms with Gasteiger partial charge in [0.05, 0.1) is 19.5 Å². The molecular weight excluding hydrogens is 290 g/mol. The fraction of sp³-hybridized carbons (Fsp3) is 0.267. The van der Waals surface area contributed by atoms with Gasteiger partial charge >= 0.3 is 0 Å². The zero-order valence-corrected chi connectivity index (χ0v) is 12.7. The highest BCUT2D eigenvalue weighted by Gasteiger charge is 2.16. The number of halogens is 1. The van der Waals surface area contributed by atoms with E-state index in [1.807, 2.05) is 31.2 Å². The number of benzene rings is 1. The quantitative estimate of drug-likeness (QED) is 0.852. The lowest BCUT2D eigenvalue weighted by Crippen LogP contribution is -2.31. The molecule has 0 radical (unpaired) electrons. The molecule has 0 aliphatic carbocycles. The number of methoxy groups -OCH3 is 1. The van der Waals surface area contributed by atoms with Gasteiger partial charge in [0, 0.05) is 13.1 Å². The van der Waals surface area contributed by atoms with E-state index < -0.39 is 0 Å². The Labute approximate surface area is 128 Å². The maximum Gasteiger partial charge on any atom is 0.274 e. The predicted molar refractivity (Wildman–Crippen MR) is 80.5 cm³/mol. The second-order valence-electron chi connectivity index (χ2n) is 4.39. The minimum absolute atomic E-state index is 0.191. The SMILES string of the molecule is CCN(Cc1ccc(OC)cc1)C(=O)c1cncc(Cl)n1. The molecule has 110 valence electrons. The van der Waals surface area contributed by atoms with Crippen LogP contribution in [-0.4, -0.2) is 34.4 Å². The molecule has 21 heavy (non-hydrogen) atoms. The zero-order valence-electron chi connectivity index (χ0n) is 11.9. The largest absolute Gasteiger partial charge is 0.497 e. The minimum Gasteiger partial charge on any atom is -0.497 e. The van der Waals surface area contributed by atoms with Gasteiger partial charge in [0.2, 0.25) is 0 Å². The summed E-state index contributed by atoms with van der Waals surface area (Å²) in [5.74, 6) is 0.595. The molecule has 0 bridgehead atoms. The average Bonchev–Trinajstić information content (AvgIpc) is 2.52. The number of hydrogen-bond donors (Lipinski definition) is 0. The van der Waals surface area contributed by atoms with Crippen molar-refractivity contribution in [1.29, 1.82) is 0 Å². The second kappa shape index (κ2) is 7.04. The smallest absolute Gasteiger partial charge is 0.274 e. The molecule has 1 amide bonds. The van der Waals surface area contributed by atoms with Crippen LogP contribution in [0.2, 0.25) is 5.15 Å². The normalized spacial score (nSPS) is 10.2. The van der Waals surface area contributed by atoms with Crippen LogP contribution < -0.4 is 4.74 Å². The van der Waals surface area contributed by atoms with Gasteiger partial charge in [-0.25, -0.2) is 4.98 Å². The molecular formula is C15H16ClN3O2. The van der Waals surface area contributed by atoms with Crippen LogP contribution in [0, 0.1) is 0 Å². The van der Waals surface area contributed by atoms with Crippen molar-refractivity contribution in [3.8, 4) is 5.75 Å². The van der Waals surface area contributed by atoms with Crippen LogP contribution in [0.1, 0.15) is 23.0 Å². The average molecular weight is 306 g/mol. The third-order valence-electron chi connectivity index (χ3n) is 3.03. The monoisotopic (exact) mass is 305 g/mol. The van der Waals surface area contributed by atoms with Crippen molar-refractivity contribution in [2.24, 2.45) is 0 Å². The molecule has 6 heteroatoms. The lowest BCUT2D eigenvalue weighted by Gasteiger charge is -2.20. The molecule has 1 aromatic carbocycles. The number of carbonyl (C=O) groups excluding carboxylic acids is 1. The molecule has 5 nitrogen and oxygen atoms in total. The Bertz CT molecular complexity index is 617. The summed E-state index contributed by atoms with van der Waals surface area (Å²) in [6.45, 7) is 2.98. The summed E-state index contributed by atoms with van der Waals surface area (Å²) in [5.41, 5.74) is 1.26. The van der Waals surface area contributed by atoms with E-state index in [-0.39, 0.29) is 16.8 Å². The van der Waals surface area contributed by atoms with Crippen molar-refractivity contribution < 1.29 is 9.53 Å². The van der Waals surface area contributed by atoms with Crippen LogP contribution in [0.5, 0.6) is 5.75 Å². The number of carbonyl (C=O) groups is 1. The third kappa shape index (κ3) is 3.92. The van der Waals surface area contributed by atoms with E-state index in [0.29, 0.717) is 13.1 Å². The first-order valence-corrected chi connectivity index (χ1v) is 6.91. The standard InChI is InChI=1S/C15H16ClN3O2/c1-3-19(10-11-4-6-12(21-2)7-5-11)15(20)13-8-17-9-14(16)18-13/h4-9H,3,10H2,1-2H3. The Kier molecular flexibility index (Phi) is 5.11. The molecule has 0 aliphatic heterocycles. The fourth-order valence-corrected chi connectivity index (χ4v) is 2.03. The van der Waals surface area contributed by atoms with E-state index in [1.165, 1.54) is 12.4 Å². The summed E-state index contributed by atoms with van der Waals surface area (Å²) < 4.78 is 5.12. The summed E-state index contributed by atoms with van der Waals surface area (Å²) in [7, 11) is 1.62. The molecule has 1 aromatic heterocycles. The van der Waals surface area contributed by atoms with Gasteiger partial charge in [0.15, 0.2) is 0 Å². The van der Waals surface area contributed by atoms with E-state index in [2.05, 4.69) is 9.97 Å². The van der Waals surface area contributed by atoms with Crippen molar-refractivity contribution in [3.05, 3.63) is 53.1 Å². The van der Waals surface area contributed by atoms with Gasteiger partial charge in [0.1, 0.15) is 16.6 Å². The number of nitrogens with zero attached hydrogens (tertiary/aromatic N) is 3. The first-order valence-electron chi connectivity index (χ1n) is 6.53. The number of rotatable bonds is 5. The zero-order chi connectivity index (χ0) is 15.2. The number of ether oxygens (including phenoxy) is 1. The van der Waals surface area contributed by atoms with E-state index >= 15 is 0 Å². The van der Waals surface area contributed by atoms with E-state index in [1.54, 1.807) is 12.0 Å². The van der Waals surface area contributed by atoms with Crippen LogP contribution in [0.15, 0.2) is 36.7 Å². The fourth-order valence-electron chi connectivity index (χ4n) is 1.89. The van der Waals surface area contributed by atoms with Gasteiger partial charge in [-0.15, -0.1) is 0 Å². The second-order valence-corrected chi connectivity index (χ2v) is 4.78. The third-order valence-corrected chi connectivity index (χ3v) is 3.21. The Hall–Kier alpha value is -2.14. The predicted octanol–water partition coefficient (Wildman–Crippen LogP) is 2.80. The summed E-state index contributed by atoms with van der Waals surface area (Å²) in [5, 5.41) is 0.210. The van der Waals surface area contributed by atoms with E-state index in [4.69, 9.17) is 16.3 Å². The molecule has 2 aromatic rings. The molecule has 0 spiro atoms. The lowest BCUT2D eigenvalue weighted by atomic mass is 10.2. The van der Waals surface area contributed by atoms with Gasteiger partial charge in [-0.1, -0.05) is 23.7 Å². The van der Waals surface area contributed by atoms with Crippen molar-refractivity contribution in [2.45, 2.75) is 13.5 Å². The minimum atomic E-state index is -0.191. The van der Waals surface area contributed by atoms with Gasteiger partial charge in [-0.3, -0.25) is 9.78 Å². The van der Waals surface area contributed by atoms with Crippen LogP contribution in [0.25, 0.3) is 0 Å². The van der Waals surface area contributed by atoms with Crippen molar-refractivity contribution in [2.75, 3.05) is 13.7 Å². The molecule has 0 fully saturated rings. The molecule has 0 aliphatic rings. The van der Waals surface area contributed by atoms with Crippen LogP contribution in [0.4, 0.5) is 0 Å². The highest BCUT2D eigenvalue weighted by atomic mass is 35.5. The Morgan fingerprint density at radius 3 is 2.57 bits per heavy atom. The van der Waals surface area contributed by atoms with Crippen LogP contribution >= 0.6 is 11.6 Å². The molecule has 0 atom stereocenters. The number of amides is 1. The van der Waals surface area contributed by atoms with E-state index in [9.17, 15) is 4.79 Å². The molecule has 0 saturated heterocycles. The van der Waals surface area contributed by atoms with Gasteiger partial charge in [0.25, 0.3) is 5.91 Å². The Morgan fingerprint density at radius 2 is 2.00 bits per heavy atom. The molecule has 0 saturated carbocycles. The number of hydrogen-bond acceptors (Lipinski definition) is 4. The topological polar surface area (TPSA) is 55.3 Å². The van der Waals surface area contributed by atoms with Crippen molar-refractivity contribution in [1.82, 2.24) is 14.9 Å². The molecule has 0 unspecified atom stereocenters. The summed E-state index contributed by atoms with van der Waals surface area (Å²) >= 11 is 5.77. The summed E-state index contributed by atoms with van der Waals surface area (Å²) in [6.07, 6.45) is 2.82. The Morgan fingerprint density at radius 1 is 1.29 bits per heavy atom. The van der Waals surface area contributed by atoms with Crippen LogP contribution in [-0.2, 0) is 6.54 Å². The van der Waals surface area contributed by atoms with E-state index in [0.717, 1.165) is 11.3 Å². The lowest BCUT2D eigenvalue weighted by molar-refractivity contribution is 0.0746. The van der Waals surface area contributed by atoms with Crippen LogP contribution in [0.3, 0.4) is 0 Å². The first-order chi connectivity index (χ1) is 10.1. The molecule has 1 heterocycles. The van der Waals surface area contributed by atoms with Crippen molar-refractivity contribution >= 4 is 17.5 Å². The Balaban J connectivity index is 2.13. The summed E-state index contributed by atoms with van der Waals surface area (Å²) in [6, 6.07) is 7.59. The van der Waals surface area contributed by atoms with Gasteiger partial charge in [-0.05, 0) is 24.6 Å². The first kappa shape index (κ1) is 15.3. The van der Waals surface area contributed by atoms with Gasteiger partial charge < -0.3 is 9.64 Å². The molecule has 0 N–H and O–H groups in total. The highest BCUT2D eigenvalue weighted by Crippen LogP contribution is 2.14.